The van der Waals surface area contributed by atoms with E-state index in [-0.39, 0.29) is 0 Å². The number of hydrogen-bond acceptors (Lipinski definition) is 3. The molecule has 2 aromatic carbocycles. The van der Waals surface area contributed by atoms with Crippen molar-refractivity contribution in [3.63, 3.8) is 0 Å². The number of benzene rings is 2. The minimum atomic E-state index is 1.05. The van der Waals surface area contributed by atoms with Crippen molar-refractivity contribution >= 4 is 23.1 Å². The SMILES string of the molecule is CSc1ccccc1NNc1ccccc1. The third-order valence-corrected chi connectivity index (χ3v) is 3.02. The van der Waals surface area contributed by atoms with Crippen LogP contribution in [0.25, 0.3) is 0 Å². The fraction of sp³-hybridized carbons (Fsp3) is 0.0769. The summed E-state index contributed by atoms with van der Waals surface area (Å²) in [6.07, 6.45) is 2.07. The van der Waals surface area contributed by atoms with Crippen molar-refractivity contribution in [3.8, 4) is 0 Å². The predicted octanol–water partition coefficient (Wildman–Crippen LogP) is 3.85. The maximum Gasteiger partial charge on any atom is 0.0675 e. The highest BCUT2D eigenvalue weighted by Crippen LogP contribution is 2.24. The molecule has 2 aromatic rings. The second-order valence-corrected chi connectivity index (χ2v) is 4.16. The van der Waals surface area contributed by atoms with Crippen LogP contribution in [0.4, 0.5) is 11.4 Å². The summed E-state index contributed by atoms with van der Waals surface area (Å²) in [5, 5.41) is 0. The molecule has 0 saturated carbocycles. The van der Waals surface area contributed by atoms with Gasteiger partial charge >= 0.3 is 0 Å². The van der Waals surface area contributed by atoms with Gasteiger partial charge in [-0.15, -0.1) is 11.8 Å². The summed E-state index contributed by atoms with van der Waals surface area (Å²) >= 11 is 1.73. The lowest BCUT2D eigenvalue weighted by Crippen LogP contribution is -2.08. The van der Waals surface area contributed by atoms with Crippen LogP contribution < -0.4 is 10.9 Å². The topological polar surface area (TPSA) is 24.1 Å². The summed E-state index contributed by atoms with van der Waals surface area (Å²) in [4.78, 5) is 1.23. The highest BCUT2D eigenvalue weighted by atomic mass is 32.2. The molecule has 0 fully saturated rings. The smallest absolute Gasteiger partial charge is 0.0675 e. The molecule has 0 saturated heterocycles. The number of nitrogens with one attached hydrogen (secondary N) is 2. The van der Waals surface area contributed by atoms with Crippen LogP contribution >= 0.6 is 11.8 Å². The molecule has 16 heavy (non-hydrogen) atoms. The van der Waals surface area contributed by atoms with Gasteiger partial charge in [0.1, 0.15) is 0 Å². The van der Waals surface area contributed by atoms with Crippen LogP contribution in [0.2, 0.25) is 0 Å². The number of rotatable bonds is 4. The van der Waals surface area contributed by atoms with E-state index < -0.39 is 0 Å². The van der Waals surface area contributed by atoms with Crippen LogP contribution in [-0.2, 0) is 0 Å². The van der Waals surface area contributed by atoms with Crippen molar-refractivity contribution in [1.29, 1.82) is 0 Å². The average Bonchev–Trinajstić information content (AvgIpc) is 2.38. The molecule has 2 nitrogen and oxygen atoms in total. The highest BCUT2D eigenvalue weighted by molar-refractivity contribution is 7.98. The fourth-order valence-corrected chi connectivity index (χ4v) is 1.96. The number of hydrogen-bond donors (Lipinski definition) is 2. The first-order chi connectivity index (χ1) is 7.90. The molecule has 0 heterocycles. The first kappa shape index (κ1) is 10.9. The van der Waals surface area contributed by atoms with E-state index in [9.17, 15) is 0 Å². The molecule has 3 heteroatoms. The van der Waals surface area contributed by atoms with Gasteiger partial charge in [-0.1, -0.05) is 30.3 Å². The molecule has 0 aliphatic heterocycles. The molecule has 0 atom stereocenters. The van der Waals surface area contributed by atoms with Crippen LogP contribution in [0.15, 0.2) is 59.5 Å². The Balaban J connectivity index is 2.05. The molecule has 2 rings (SSSR count). The van der Waals surface area contributed by atoms with E-state index in [1.54, 1.807) is 11.8 Å². The lowest BCUT2D eigenvalue weighted by atomic mass is 10.3. The Labute approximate surface area is 100 Å². The lowest BCUT2D eigenvalue weighted by Gasteiger charge is -2.12. The zero-order valence-corrected chi connectivity index (χ0v) is 9.92. The Morgan fingerprint density at radius 2 is 1.50 bits per heavy atom. The predicted molar refractivity (Wildman–Crippen MR) is 71.9 cm³/mol. The van der Waals surface area contributed by atoms with Crippen LogP contribution in [0.1, 0.15) is 0 Å². The Hall–Kier alpha value is -1.61. The first-order valence-corrected chi connectivity index (χ1v) is 6.33. The van der Waals surface area contributed by atoms with Gasteiger partial charge < -0.3 is 5.43 Å². The molecule has 0 bridgehead atoms. The van der Waals surface area contributed by atoms with Gasteiger partial charge in [0.25, 0.3) is 0 Å². The molecule has 0 unspecified atom stereocenters. The standard InChI is InChI=1S/C13H14N2S/c1-16-13-10-6-5-9-12(13)15-14-11-7-3-2-4-8-11/h2-10,14-15H,1H3. The normalized spacial score (nSPS) is 9.81. The van der Waals surface area contributed by atoms with Crippen molar-refractivity contribution in [1.82, 2.24) is 0 Å². The van der Waals surface area contributed by atoms with E-state index in [4.69, 9.17) is 0 Å². The molecule has 0 aliphatic carbocycles. The summed E-state index contributed by atoms with van der Waals surface area (Å²) in [5.41, 5.74) is 8.53. The van der Waals surface area contributed by atoms with E-state index in [1.807, 2.05) is 42.5 Å². The summed E-state index contributed by atoms with van der Waals surface area (Å²) in [6.45, 7) is 0. The van der Waals surface area contributed by atoms with Crippen molar-refractivity contribution in [2.45, 2.75) is 4.90 Å². The number of thioether (sulfide) groups is 1. The Kier molecular flexibility index (Phi) is 3.72. The van der Waals surface area contributed by atoms with Gasteiger partial charge in [-0.25, -0.2) is 0 Å². The number of para-hydroxylation sites is 2. The van der Waals surface area contributed by atoms with E-state index in [0.29, 0.717) is 0 Å². The molecule has 0 spiro atoms. The van der Waals surface area contributed by atoms with Gasteiger partial charge in [0.15, 0.2) is 0 Å². The highest BCUT2D eigenvalue weighted by Gasteiger charge is 1.98. The maximum absolute atomic E-state index is 3.21. The van der Waals surface area contributed by atoms with E-state index in [0.717, 1.165) is 11.4 Å². The molecular weight excluding hydrogens is 216 g/mol. The zero-order valence-electron chi connectivity index (χ0n) is 9.10. The molecule has 0 amide bonds. The van der Waals surface area contributed by atoms with Crippen molar-refractivity contribution in [3.05, 3.63) is 54.6 Å². The second kappa shape index (κ2) is 5.47. The van der Waals surface area contributed by atoms with E-state index in [1.165, 1.54) is 4.90 Å². The van der Waals surface area contributed by atoms with Gasteiger partial charge in [-0.2, -0.15) is 0 Å². The van der Waals surface area contributed by atoms with Gasteiger partial charge in [0.05, 0.1) is 11.4 Å². The van der Waals surface area contributed by atoms with Crippen molar-refractivity contribution in [2.24, 2.45) is 0 Å². The van der Waals surface area contributed by atoms with Crippen LogP contribution in [0.5, 0.6) is 0 Å². The summed E-state index contributed by atoms with van der Waals surface area (Å²) in [5.74, 6) is 0. The lowest BCUT2D eigenvalue weighted by molar-refractivity contribution is 1.34. The minimum absolute atomic E-state index is 1.05. The Morgan fingerprint density at radius 3 is 2.25 bits per heavy atom. The second-order valence-electron chi connectivity index (χ2n) is 3.32. The quantitative estimate of drug-likeness (QED) is 0.616. The van der Waals surface area contributed by atoms with Crippen LogP contribution in [0.3, 0.4) is 0 Å². The van der Waals surface area contributed by atoms with Gasteiger partial charge in [-0.05, 0) is 30.5 Å². The Bertz CT molecular complexity index is 443. The average molecular weight is 230 g/mol. The minimum Gasteiger partial charge on any atom is -0.301 e. The number of hydrazine groups is 1. The van der Waals surface area contributed by atoms with E-state index in [2.05, 4.69) is 29.2 Å². The van der Waals surface area contributed by atoms with Crippen LogP contribution in [-0.4, -0.2) is 6.26 Å². The molecular formula is C13H14N2S. The van der Waals surface area contributed by atoms with Crippen molar-refractivity contribution in [2.75, 3.05) is 17.1 Å². The summed E-state index contributed by atoms with van der Waals surface area (Å²) in [7, 11) is 0. The van der Waals surface area contributed by atoms with E-state index >= 15 is 0 Å². The maximum atomic E-state index is 3.21. The zero-order chi connectivity index (χ0) is 11.2. The molecule has 2 N–H and O–H groups in total. The molecule has 0 aliphatic rings. The molecule has 82 valence electrons. The third kappa shape index (κ3) is 2.70. The Morgan fingerprint density at radius 1 is 0.812 bits per heavy atom. The fourth-order valence-electron chi connectivity index (χ4n) is 1.41. The van der Waals surface area contributed by atoms with Gasteiger partial charge in [0.2, 0.25) is 0 Å². The molecule has 0 radical (unpaired) electrons. The summed E-state index contributed by atoms with van der Waals surface area (Å²) < 4.78 is 0. The van der Waals surface area contributed by atoms with Gasteiger partial charge in [-0.3, -0.25) is 5.43 Å². The molecule has 0 aromatic heterocycles. The van der Waals surface area contributed by atoms with Gasteiger partial charge in [0, 0.05) is 4.90 Å². The summed E-state index contributed by atoms with van der Waals surface area (Å²) in [6, 6.07) is 18.3. The van der Waals surface area contributed by atoms with Crippen LogP contribution in [0, 0.1) is 0 Å². The third-order valence-electron chi connectivity index (χ3n) is 2.22. The van der Waals surface area contributed by atoms with Crippen molar-refractivity contribution < 1.29 is 0 Å². The largest absolute Gasteiger partial charge is 0.301 e. The first-order valence-electron chi connectivity index (χ1n) is 5.10. The monoisotopic (exact) mass is 230 g/mol. The number of anilines is 2.